The Kier molecular flexibility index (Phi) is 4.80. The minimum absolute atomic E-state index is 0.00302. The molecule has 128 valence electrons. The van der Waals surface area contributed by atoms with Gasteiger partial charge in [-0.15, -0.1) is 0 Å². The van der Waals surface area contributed by atoms with Crippen LogP contribution in [-0.2, 0) is 20.9 Å². The van der Waals surface area contributed by atoms with Gasteiger partial charge >= 0.3 is 5.97 Å². The van der Waals surface area contributed by atoms with E-state index in [1.54, 1.807) is 23.1 Å². The number of carboxylic acid groups (broad SMARTS) is 1. The van der Waals surface area contributed by atoms with Gasteiger partial charge in [0.05, 0.1) is 13.2 Å². The van der Waals surface area contributed by atoms with Crippen molar-refractivity contribution in [2.24, 2.45) is 0 Å². The van der Waals surface area contributed by atoms with Crippen molar-refractivity contribution >= 4 is 17.8 Å². The van der Waals surface area contributed by atoms with Crippen molar-refractivity contribution in [1.82, 2.24) is 9.80 Å². The van der Waals surface area contributed by atoms with Gasteiger partial charge in [0, 0.05) is 31.6 Å². The van der Waals surface area contributed by atoms with Crippen LogP contribution in [0.15, 0.2) is 24.3 Å². The molecule has 7 heteroatoms. The molecule has 0 saturated carbocycles. The summed E-state index contributed by atoms with van der Waals surface area (Å²) in [5, 5.41) is 9.26. The van der Waals surface area contributed by atoms with Gasteiger partial charge in [0.2, 0.25) is 5.91 Å². The van der Waals surface area contributed by atoms with Crippen molar-refractivity contribution < 1.29 is 24.2 Å². The number of carbonyl (C=O) groups excluding carboxylic acids is 2. The van der Waals surface area contributed by atoms with Crippen LogP contribution in [0.3, 0.4) is 0 Å². The molecule has 2 aliphatic rings. The second-order valence-electron chi connectivity index (χ2n) is 6.05. The van der Waals surface area contributed by atoms with Gasteiger partial charge in [-0.1, -0.05) is 12.1 Å². The summed E-state index contributed by atoms with van der Waals surface area (Å²) < 4.78 is 5.17. The van der Waals surface area contributed by atoms with Crippen LogP contribution in [0.25, 0.3) is 0 Å². The number of aliphatic carboxylic acids is 1. The van der Waals surface area contributed by atoms with Crippen LogP contribution in [0.1, 0.15) is 28.8 Å². The van der Waals surface area contributed by atoms with E-state index in [1.807, 2.05) is 6.07 Å². The fourth-order valence-corrected chi connectivity index (χ4v) is 3.11. The zero-order valence-corrected chi connectivity index (χ0v) is 13.3. The van der Waals surface area contributed by atoms with Gasteiger partial charge in [0.1, 0.15) is 0 Å². The maximum atomic E-state index is 12.7. The van der Waals surface area contributed by atoms with E-state index in [-0.39, 0.29) is 25.0 Å². The number of hydrogen-bond donors (Lipinski definition) is 1. The van der Waals surface area contributed by atoms with Gasteiger partial charge in [0.15, 0.2) is 6.04 Å². The average Bonchev–Trinajstić information content (AvgIpc) is 2.99. The van der Waals surface area contributed by atoms with Crippen molar-refractivity contribution in [2.45, 2.75) is 25.4 Å². The molecule has 0 aromatic heterocycles. The van der Waals surface area contributed by atoms with Crippen LogP contribution in [0, 0.1) is 0 Å². The summed E-state index contributed by atoms with van der Waals surface area (Å²) in [6.45, 7) is 1.80. The quantitative estimate of drug-likeness (QED) is 0.878. The molecule has 0 spiro atoms. The lowest BCUT2D eigenvalue weighted by Crippen LogP contribution is -2.52. The molecule has 1 aromatic rings. The third kappa shape index (κ3) is 3.41. The molecule has 0 aliphatic carbocycles. The molecule has 2 aliphatic heterocycles. The third-order valence-electron chi connectivity index (χ3n) is 4.39. The van der Waals surface area contributed by atoms with Gasteiger partial charge in [0.25, 0.3) is 5.91 Å². The molecule has 0 radical (unpaired) electrons. The first-order valence-corrected chi connectivity index (χ1v) is 8.04. The first-order chi connectivity index (χ1) is 11.6. The standard InChI is InChI=1S/C17H20N2O5/c20-15-5-2-6-18(15)10-12-3-1-4-13(9-12)16(21)19-7-8-24-11-14(19)17(22)23/h1,3-4,9,14H,2,5-8,10-11H2,(H,22,23). The first-order valence-electron chi connectivity index (χ1n) is 8.04. The predicted molar refractivity (Wildman–Crippen MR) is 84.4 cm³/mol. The number of likely N-dealkylation sites (tertiary alicyclic amines) is 1. The maximum absolute atomic E-state index is 12.7. The molecule has 2 fully saturated rings. The average molecular weight is 332 g/mol. The summed E-state index contributed by atoms with van der Waals surface area (Å²) in [5.41, 5.74) is 1.31. The predicted octanol–water partition coefficient (Wildman–Crippen LogP) is 0.735. The Morgan fingerprint density at radius 2 is 2.12 bits per heavy atom. The largest absolute Gasteiger partial charge is 0.480 e. The van der Waals surface area contributed by atoms with Crippen LogP contribution in [0.2, 0.25) is 0 Å². The highest BCUT2D eigenvalue weighted by Gasteiger charge is 2.33. The minimum atomic E-state index is -1.07. The molecule has 1 aromatic carbocycles. The van der Waals surface area contributed by atoms with E-state index >= 15 is 0 Å². The lowest BCUT2D eigenvalue weighted by Gasteiger charge is -2.33. The minimum Gasteiger partial charge on any atom is -0.480 e. The molecule has 24 heavy (non-hydrogen) atoms. The van der Waals surface area contributed by atoms with E-state index in [1.165, 1.54) is 4.90 Å². The molecular formula is C17H20N2O5. The van der Waals surface area contributed by atoms with Crippen molar-refractivity contribution in [3.63, 3.8) is 0 Å². The van der Waals surface area contributed by atoms with Gasteiger partial charge in [-0.25, -0.2) is 4.79 Å². The molecule has 0 bridgehead atoms. The molecule has 2 amide bonds. The van der Waals surface area contributed by atoms with E-state index in [2.05, 4.69) is 0 Å². The Hall–Kier alpha value is -2.41. The van der Waals surface area contributed by atoms with Crippen LogP contribution < -0.4 is 0 Å². The summed E-state index contributed by atoms with van der Waals surface area (Å²) in [6.07, 6.45) is 1.44. The number of hydrogen-bond acceptors (Lipinski definition) is 4. The summed E-state index contributed by atoms with van der Waals surface area (Å²) in [7, 11) is 0. The number of amides is 2. The maximum Gasteiger partial charge on any atom is 0.328 e. The smallest absolute Gasteiger partial charge is 0.328 e. The molecule has 2 heterocycles. The Morgan fingerprint density at radius 1 is 1.29 bits per heavy atom. The molecule has 1 N–H and O–H groups in total. The number of nitrogens with zero attached hydrogens (tertiary/aromatic N) is 2. The first kappa shape index (κ1) is 16.4. The highest BCUT2D eigenvalue weighted by molar-refractivity contribution is 5.97. The van der Waals surface area contributed by atoms with Crippen molar-refractivity contribution in [1.29, 1.82) is 0 Å². The lowest BCUT2D eigenvalue weighted by atomic mass is 10.1. The third-order valence-corrected chi connectivity index (χ3v) is 4.39. The van der Waals surface area contributed by atoms with Crippen molar-refractivity contribution in [3.8, 4) is 0 Å². The summed E-state index contributed by atoms with van der Waals surface area (Å²) in [6, 6.07) is 6.08. The van der Waals surface area contributed by atoms with Gasteiger partial charge in [-0.05, 0) is 24.1 Å². The van der Waals surface area contributed by atoms with Gasteiger partial charge in [-0.2, -0.15) is 0 Å². The molecule has 1 unspecified atom stereocenters. The highest BCUT2D eigenvalue weighted by Crippen LogP contribution is 2.18. The fourth-order valence-electron chi connectivity index (χ4n) is 3.11. The van der Waals surface area contributed by atoms with Gasteiger partial charge in [-0.3, -0.25) is 9.59 Å². The summed E-state index contributed by atoms with van der Waals surface area (Å²) in [5.74, 6) is -1.26. The number of ether oxygens (including phenoxy) is 1. The number of carboxylic acids is 1. The lowest BCUT2D eigenvalue weighted by molar-refractivity contribution is -0.147. The monoisotopic (exact) mass is 332 g/mol. The van der Waals surface area contributed by atoms with Crippen LogP contribution >= 0.6 is 0 Å². The SMILES string of the molecule is O=C(O)C1COCCN1C(=O)c1cccc(CN2CCCC2=O)c1. The molecule has 7 nitrogen and oxygen atoms in total. The molecular weight excluding hydrogens is 312 g/mol. The number of morpholine rings is 1. The Bertz CT molecular complexity index is 660. The van der Waals surface area contributed by atoms with E-state index in [4.69, 9.17) is 4.74 Å². The van der Waals surface area contributed by atoms with Crippen LogP contribution in [0.4, 0.5) is 0 Å². The highest BCUT2D eigenvalue weighted by atomic mass is 16.5. The topological polar surface area (TPSA) is 87.2 Å². The second kappa shape index (κ2) is 7.00. The van der Waals surface area contributed by atoms with E-state index in [0.717, 1.165) is 18.5 Å². The van der Waals surface area contributed by atoms with E-state index < -0.39 is 12.0 Å². The van der Waals surface area contributed by atoms with Gasteiger partial charge < -0.3 is 19.6 Å². The van der Waals surface area contributed by atoms with Crippen LogP contribution in [-0.4, -0.2) is 65.0 Å². The molecule has 3 rings (SSSR count). The molecule has 2 saturated heterocycles. The normalized spacial score (nSPS) is 21.2. The van der Waals surface area contributed by atoms with Crippen LogP contribution in [0.5, 0.6) is 0 Å². The summed E-state index contributed by atoms with van der Waals surface area (Å²) >= 11 is 0. The Balaban J connectivity index is 1.76. The van der Waals surface area contributed by atoms with E-state index in [0.29, 0.717) is 25.1 Å². The van der Waals surface area contributed by atoms with Crippen molar-refractivity contribution in [2.75, 3.05) is 26.3 Å². The second-order valence-corrected chi connectivity index (χ2v) is 6.05. The number of benzene rings is 1. The van der Waals surface area contributed by atoms with E-state index in [9.17, 15) is 19.5 Å². The number of carbonyl (C=O) groups is 3. The number of rotatable bonds is 4. The molecule has 1 atom stereocenters. The Morgan fingerprint density at radius 3 is 2.83 bits per heavy atom. The van der Waals surface area contributed by atoms with Crippen molar-refractivity contribution in [3.05, 3.63) is 35.4 Å². The zero-order valence-electron chi connectivity index (χ0n) is 13.3. The Labute approximate surface area is 139 Å². The fraction of sp³-hybridized carbons (Fsp3) is 0.471. The summed E-state index contributed by atoms with van der Waals surface area (Å²) in [4.78, 5) is 38.9. The zero-order chi connectivity index (χ0) is 17.1.